The Bertz CT molecular complexity index is 323. The quantitative estimate of drug-likeness (QED) is 0.667. The average Bonchev–Trinajstić information content (AvgIpc) is 2.11. The van der Waals surface area contributed by atoms with E-state index in [9.17, 15) is 9.90 Å². The van der Waals surface area contributed by atoms with Gasteiger partial charge < -0.3 is 9.84 Å². The standard InChI is InChI=1S/C9H9IO3/c1-13-9(12)5-6-2-3-8(11)7(10)4-6/h2-4,11H,5H2,1H3. The van der Waals surface area contributed by atoms with Crippen LogP contribution in [-0.2, 0) is 16.0 Å². The number of esters is 1. The molecule has 1 aromatic rings. The van der Waals surface area contributed by atoms with Crippen LogP contribution in [0.1, 0.15) is 5.56 Å². The second kappa shape index (κ2) is 4.45. The van der Waals surface area contributed by atoms with E-state index in [1.54, 1.807) is 18.2 Å². The first-order chi connectivity index (χ1) is 6.13. The summed E-state index contributed by atoms with van der Waals surface area (Å²) in [4.78, 5) is 10.9. The van der Waals surface area contributed by atoms with E-state index in [0.717, 1.165) is 9.13 Å². The first-order valence-electron chi connectivity index (χ1n) is 3.67. The van der Waals surface area contributed by atoms with Gasteiger partial charge in [0.15, 0.2) is 0 Å². The Kier molecular flexibility index (Phi) is 3.53. The molecule has 0 bridgehead atoms. The molecule has 0 amide bonds. The van der Waals surface area contributed by atoms with Gasteiger partial charge in [0.2, 0.25) is 0 Å². The topological polar surface area (TPSA) is 46.5 Å². The van der Waals surface area contributed by atoms with Crippen molar-refractivity contribution in [1.29, 1.82) is 0 Å². The second-order valence-corrected chi connectivity index (χ2v) is 3.70. The lowest BCUT2D eigenvalue weighted by molar-refractivity contribution is -0.139. The fourth-order valence-electron chi connectivity index (χ4n) is 0.899. The zero-order chi connectivity index (χ0) is 9.84. The molecule has 0 saturated carbocycles. The van der Waals surface area contributed by atoms with Crippen LogP contribution in [0.15, 0.2) is 18.2 Å². The summed E-state index contributed by atoms with van der Waals surface area (Å²) in [6.07, 6.45) is 0.243. The number of halogens is 1. The van der Waals surface area contributed by atoms with Crippen LogP contribution in [0.25, 0.3) is 0 Å². The molecule has 1 N–H and O–H groups in total. The molecule has 3 nitrogen and oxygen atoms in total. The Morgan fingerprint density at radius 1 is 1.62 bits per heavy atom. The highest BCUT2D eigenvalue weighted by Crippen LogP contribution is 2.20. The van der Waals surface area contributed by atoms with Crippen LogP contribution < -0.4 is 0 Å². The van der Waals surface area contributed by atoms with Crippen LogP contribution in [0.4, 0.5) is 0 Å². The summed E-state index contributed by atoms with van der Waals surface area (Å²) in [5.74, 6) is -0.0456. The van der Waals surface area contributed by atoms with E-state index in [1.165, 1.54) is 7.11 Å². The van der Waals surface area contributed by atoms with E-state index in [0.29, 0.717) is 0 Å². The Morgan fingerprint density at radius 3 is 2.85 bits per heavy atom. The summed E-state index contributed by atoms with van der Waals surface area (Å²) in [6, 6.07) is 5.03. The van der Waals surface area contributed by atoms with Crippen LogP contribution >= 0.6 is 22.6 Å². The van der Waals surface area contributed by atoms with E-state index in [2.05, 4.69) is 4.74 Å². The number of rotatable bonds is 2. The molecular weight excluding hydrogens is 283 g/mol. The lowest BCUT2D eigenvalue weighted by Crippen LogP contribution is -2.04. The summed E-state index contributed by atoms with van der Waals surface area (Å²) >= 11 is 2.01. The molecule has 0 aliphatic rings. The highest BCUT2D eigenvalue weighted by Gasteiger charge is 2.04. The molecule has 0 unspecified atom stereocenters. The number of hydrogen-bond acceptors (Lipinski definition) is 3. The third-order valence-corrected chi connectivity index (χ3v) is 2.45. The largest absolute Gasteiger partial charge is 0.507 e. The molecule has 0 saturated heterocycles. The third kappa shape index (κ3) is 2.87. The smallest absolute Gasteiger partial charge is 0.309 e. The van der Waals surface area contributed by atoms with Crippen LogP contribution in [-0.4, -0.2) is 18.2 Å². The monoisotopic (exact) mass is 292 g/mol. The van der Waals surface area contributed by atoms with Gasteiger partial charge in [0.1, 0.15) is 5.75 Å². The fraction of sp³-hybridized carbons (Fsp3) is 0.222. The molecule has 0 atom stereocenters. The number of ether oxygens (including phenoxy) is 1. The second-order valence-electron chi connectivity index (χ2n) is 2.54. The van der Waals surface area contributed by atoms with Crippen molar-refractivity contribution in [3.8, 4) is 5.75 Å². The Labute approximate surface area is 89.9 Å². The molecule has 0 spiro atoms. The molecule has 0 aliphatic carbocycles. The van der Waals surface area contributed by atoms with Crippen molar-refractivity contribution in [2.75, 3.05) is 7.11 Å². The first kappa shape index (κ1) is 10.3. The van der Waals surface area contributed by atoms with Crippen LogP contribution in [0.3, 0.4) is 0 Å². The van der Waals surface area contributed by atoms with E-state index in [-0.39, 0.29) is 18.1 Å². The minimum Gasteiger partial charge on any atom is -0.507 e. The van der Waals surface area contributed by atoms with Crippen molar-refractivity contribution in [3.63, 3.8) is 0 Å². The molecule has 0 heterocycles. The summed E-state index contributed by atoms with van der Waals surface area (Å²) in [7, 11) is 1.35. The van der Waals surface area contributed by atoms with Gasteiger partial charge in [-0.05, 0) is 40.3 Å². The highest BCUT2D eigenvalue weighted by atomic mass is 127. The van der Waals surface area contributed by atoms with Gasteiger partial charge in [0.25, 0.3) is 0 Å². The molecule has 0 aliphatic heterocycles. The number of benzene rings is 1. The predicted octanol–water partition coefficient (Wildman–Crippen LogP) is 1.71. The lowest BCUT2D eigenvalue weighted by Gasteiger charge is -2.01. The number of carbonyl (C=O) groups is 1. The summed E-state index contributed by atoms with van der Waals surface area (Å²) in [6.45, 7) is 0. The molecule has 13 heavy (non-hydrogen) atoms. The number of aromatic hydroxyl groups is 1. The minimum atomic E-state index is -0.276. The molecule has 1 rings (SSSR count). The molecule has 0 aromatic heterocycles. The van der Waals surface area contributed by atoms with E-state index in [4.69, 9.17) is 0 Å². The summed E-state index contributed by atoms with van der Waals surface area (Å²) in [5.41, 5.74) is 0.842. The van der Waals surface area contributed by atoms with Gasteiger partial charge >= 0.3 is 5.97 Å². The lowest BCUT2D eigenvalue weighted by atomic mass is 10.1. The number of hydrogen-bond donors (Lipinski definition) is 1. The van der Waals surface area contributed by atoms with Crippen molar-refractivity contribution in [3.05, 3.63) is 27.3 Å². The number of phenols is 1. The maximum absolute atomic E-state index is 10.9. The van der Waals surface area contributed by atoms with Gasteiger partial charge in [-0.1, -0.05) is 6.07 Å². The van der Waals surface area contributed by atoms with Gasteiger partial charge in [-0.3, -0.25) is 4.79 Å². The molecule has 0 fully saturated rings. The van der Waals surface area contributed by atoms with E-state index < -0.39 is 0 Å². The zero-order valence-electron chi connectivity index (χ0n) is 7.08. The average molecular weight is 292 g/mol. The summed E-state index contributed by atoms with van der Waals surface area (Å²) in [5, 5.41) is 9.21. The molecule has 70 valence electrons. The predicted molar refractivity (Wildman–Crippen MR) is 56.5 cm³/mol. The van der Waals surface area contributed by atoms with Gasteiger partial charge in [-0.2, -0.15) is 0 Å². The maximum Gasteiger partial charge on any atom is 0.309 e. The minimum absolute atomic E-state index is 0.231. The third-order valence-electron chi connectivity index (χ3n) is 1.59. The zero-order valence-corrected chi connectivity index (χ0v) is 9.24. The normalized spacial score (nSPS) is 9.69. The Balaban J connectivity index is 2.79. The molecule has 0 radical (unpaired) electrons. The van der Waals surface area contributed by atoms with Crippen molar-refractivity contribution < 1.29 is 14.6 Å². The number of carbonyl (C=O) groups excluding carboxylic acids is 1. The Morgan fingerprint density at radius 2 is 2.31 bits per heavy atom. The molecular formula is C9H9IO3. The van der Waals surface area contributed by atoms with Crippen LogP contribution in [0.5, 0.6) is 5.75 Å². The SMILES string of the molecule is COC(=O)Cc1ccc(O)c(I)c1. The number of methoxy groups -OCH3 is 1. The fourth-order valence-corrected chi connectivity index (χ4v) is 1.48. The van der Waals surface area contributed by atoms with Crippen molar-refractivity contribution in [1.82, 2.24) is 0 Å². The molecule has 1 aromatic carbocycles. The van der Waals surface area contributed by atoms with Gasteiger partial charge in [-0.25, -0.2) is 0 Å². The van der Waals surface area contributed by atoms with Gasteiger partial charge in [0, 0.05) is 0 Å². The maximum atomic E-state index is 10.9. The van der Waals surface area contributed by atoms with Crippen molar-refractivity contribution in [2.24, 2.45) is 0 Å². The van der Waals surface area contributed by atoms with Gasteiger partial charge in [0.05, 0.1) is 17.1 Å². The van der Waals surface area contributed by atoms with E-state index >= 15 is 0 Å². The summed E-state index contributed by atoms with van der Waals surface area (Å²) < 4.78 is 5.26. The van der Waals surface area contributed by atoms with Crippen LogP contribution in [0, 0.1) is 3.57 Å². The van der Waals surface area contributed by atoms with Gasteiger partial charge in [-0.15, -0.1) is 0 Å². The van der Waals surface area contributed by atoms with Crippen LogP contribution in [0.2, 0.25) is 0 Å². The Hall–Kier alpha value is -0.780. The van der Waals surface area contributed by atoms with Crippen molar-refractivity contribution >= 4 is 28.6 Å². The van der Waals surface area contributed by atoms with Crippen molar-refractivity contribution in [2.45, 2.75) is 6.42 Å². The number of phenolic OH excluding ortho intramolecular Hbond substituents is 1. The van der Waals surface area contributed by atoms with E-state index in [1.807, 2.05) is 22.6 Å². The first-order valence-corrected chi connectivity index (χ1v) is 4.75. The molecule has 4 heteroatoms. The highest BCUT2D eigenvalue weighted by molar-refractivity contribution is 14.1.